The Bertz CT molecular complexity index is 1490. The van der Waals surface area contributed by atoms with E-state index in [0.29, 0.717) is 33.9 Å². The third-order valence-corrected chi connectivity index (χ3v) is 5.29. The molecule has 3 aromatic heterocycles. The Balaban J connectivity index is 1.99. The lowest BCUT2D eigenvalue weighted by atomic mass is 10.00. The van der Waals surface area contributed by atoms with Gasteiger partial charge in [-0.15, -0.1) is 0 Å². The molecule has 5 aromatic rings. The molecule has 0 amide bonds. The first kappa shape index (κ1) is 18.1. The molecule has 0 radical (unpaired) electrons. The first-order chi connectivity index (χ1) is 14.5. The Morgan fingerprint density at radius 1 is 0.967 bits per heavy atom. The van der Waals surface area contributed by atoms with Crippen LogP contribution in [-0.4, -0.2) is 36.1 Å². The SMILES string of the molecule is COc1cc(OC)c(-c2c3c[nH]n(C)c3nc3c2oc2cc(=O)ccc23)cc1OC. The van der Waals surface area contributed by atoms with Crippen molar-refractivity contribution in [3.05, 3.63) is 46.8 Å². The molecule has 2 aromatic carbocycles. The molecule has 8 heteroatoms. The predicted octanol–water partition coefficient (Wildman–Crippen LogP) is 3.85. The summed E-state index contributed by atoms with van der Waals surface area (Å²) in [6.45, 7) is 0. The maximum absolute atomic E-state index is 11.9. The van der Waals surface area contributed by atoms with Crippen LogP contribution in [0.15, 0.2) is 45.7 Å². The number of H-pyrrole nitrogens is 1. The number of ether oxygens (including phenoxy) is 3. The molecule has 8 nitrogen and oxygen atoms in total. The van der Waals surface area contributed by atoms with E-state index in [0.717, 1.165) is 27.5 Å². The zero-order chi connectivity index (χ0) is 21.0. The number of nitrogens with zero attached hydrogens (tertiary/aromatic N) is 2. The van der Waals surface area contributed by atoms with Crippen molar-refractivity contribution >= 4 is 33.1 Å². The number of aromatic amines is 1. The minimum absolute atomic E-state index is 0.121. The van der Waals surface area contributed by atoms with Crippen molar-refractivity contribution in [3.8, 4) is 28.4 Å². The van der Waals surface area contributed by atoms with Crippen LogP contribution < -0.4 is 19.6 Å². The zero-order valence-electron chi connectivity index (χ0n) is 16.9. The van der Waals surface area contributed by atoms with E-state index in [9.17, 15) is 4.79 Å². The Labute approximate surface area is 170 Å². The van der Waals surface area contributed by atoms with Gasteiger partial charge in [0, 0.05) is 47.3 Å². The van der Waals surface area contributed by atoms with Crippen molar-refractivity contribution in [1.29, 1.82) is 0 Å². The van der Waals surface area contributed by atoms with E-state index in [1.807, 2.05) is 24.0 Å². The number of aromatic nitrogens is 3. The van der Waals surface area contributed by atoms with E-state index in [1.165, 1.54) is 12.1 Å². The van der Waals surface area contributed by atoms with Gasteiger partial charge in [0.05, 0.1) is 21.3 Å². The average Bonchev–Trinajstić information content (AvgIpc) is 3.30. The van der Waals surface area contributed by atoms with Crippen molar-refractivity contribution in [2.45, 2.75) is 0 Å². The topological polar surface area (TPSA) is 91.5 Å². The molecule has 0 aliphatic rings. The van der Waals surface area contributed by atoms with Crippen molar-refractivity contribution < 1.29 is 18.6 Å². The van der Waals surface area contributed by atoms with Gasteiger partial charge in [0.15, 0.2) is 28.2 Å². The van der Waals surface area contributed by atoms with Gasteiger partial charge >= 0.3 is 0 Å². The second-order valence-electron chi connectivity index (χ2n) is 6.90. The third kappa shape index (κ3) is 2.46. The summed E-state index contributed by atoms with van der Waals surface area (Å²) in [6, 6.07) is 8.35. The minimum Gasteiger partial charge on any atom is -0.496 e. The van der Waals surface area contributed by atoms with E-state index in [1.54, 1.807) is 33.5 Å². The molecule has 1 N–H and O–H groups in total. The number of furan rings is 1. The molecule has 0 saturated carbocycles. The largest absolute Gasteiger partial charge is 0.496 e. The Morgan fingerprint density at radius 2 is 1.70 bits per heavy atom. The number of rotatable bonds is 4. The quantitative estimate of drug-likeness (QED) is 0.488. The van der Waals surface area contributed by atoms with Crippen molar-refractivity contribution in [2.24, 2.45) is 7.05 Å². The molecular formula is C22H19N3O5. The molecule has 5 rings (SSSR count). The fraction of sp³-hybridized carbons (Fsp3) is 0.182. The second kappa shape index (κ2) is 6.55. The molecular weight excluding hydrogens is 386 g/mol. The van der Waals surface area contributed by atoms with Crippen molar-refractivity contribution in [1.82, 2.24) is 14.8 Å². The molecule has 152 valence electrons. The lowest BCUT2D eigenvalue weighted by molar-refractivity contribution is 0.349. The number of hydrogen-bond donors (Lipinski definition) is 1. The number of fused-ring (bicyclic) bond motifs is 4. The van der Waals surface area contributed by atoms with E-state index < -0.39 is 0 Å². The summed E-state index contributed by atoms with van der Waals surface area (Å²) >= 11 is 0. The number of methoxy groups -OCH3 is 3. The summed E-state index contributed by atoms with van der Waals surface area (Å²) < 4.78 is 24.6. The number of pyridine rings is 1. The van der Waals surface area contributed by atoms with Crippen LogP contribution in [0, 0.1) is 0 Å². The average molecular weight is 405 g/mol. The van der Waals surface area contributed by atoms with Crippen LogP contribution in [0.3, 0.4) is 0 Å². The maximum atomic E-state index is 11.9. The van der Waals surface area contributed by atoms with Gasteiger partial charge in [-0.3, -0.25) is 9.48 Å². The predicted molar refractivity (Wildman–Crippen MR) is 114 cm³/mol. The van der Waals surface area contributed by atoms with Gasteiger partial charge in [0.25, 0.3) is 0 Å². The molecule has 30 heavy (non-hydrogen) atoms. The molecule has 0 atom stereocenters. The van der Waals surface area contributed by atoms with Gasteiger partial charge in [0.2, 0.25) is 0 Å². The summed E-state index contributed by atoms with van der Waals surface area (Å²) in [7, 11) is 6.64. The van der Waals surface area contributed by atoms with Crippen molar-refractivity contribution in [2.75, 3.05) is 21.3 Å². The van der Waals surface area contributed by atoms with E-state index in [2.05, 4.69) is 5.10 Å². The van der Waals surface area contributed by atoms with Crippen LogP contribution in [0.1, 0.15) is 0 Å². The molecule has 0 fully saturated rings. The zero-order valence-corrected chi connectivity index (χ0v) is 16.9. The highest BCUT2D eigenvalue weighted by Crippen LogP contribution is 2.46. The fourth-order valence-corrected chi connectivity index (χ4v) is 3.85. The molecule has 3 heterocycles. The van der Waals surface area contributed by atoms with E-state index in [-0.39, 0.29) is 5.43 Å². The highest BCUT2D eigenvalue weighted by molar-refractivity contribution is 6.15. The van der Waals surface area contributed by atoms with Crippen LogP contribution >= 0.6 is 0 Å². The van der Waals surface area contributed by atoms with Gasteiger partial charge in [-0.2, -0.15) is 0 Å². The summed E-state index contributed by atoms with van der Waals surface area (Å²) in [5, 5.41) is 4.78. The molecule has 0 unspecified atom stereocenters. The third-order valence-electron chi connectivity index (χ3n) is 5.29. The molecule has 0 aliphatic carbocycles. The molecule has 0 bridgehead atoms. The Hall–Kier alpha value is -3.94. The van der Waals surface area contributed by atoms with E-state index >= 15 is 0 Å². The van der Waals surface area contributed by atoms with Gasteiger partial charge in [-0.05, 0) is 18.2 Å². The van der Waals surface area contributed by atoms with Crippen LogP contribution in [-0.2, 0) is 7.05 Å². The van der Waals surface area contributed by atoms with Gasteiger partial charge < -0.3 is 23.7 Å². The monoisotopic (exact) mass is 405 g/mol. The standard InChI is InChI=1S/C22H19N3O5/c1-25-22-14(10-23-25)19(13-8-17(28-3)18(29-4)9-15(13)27-2)21-20(24-22)12-6-5-11(26)7-16(12)30-21/h5-10,23H,1-4H3. The fourth-order valence-electron chi connectivity index (χ4n) is 3.85. The second-order valence-corrected chi connectivity index (χ2v) is 6.90. The summed E-state index contributed by atoms with van der Waals surface area (Å²) in [4.78, 5) is 16.7. The Kier molecular flexibility index (Phi) is 3.95. The van der Waals surface area contributed by atoms with Crippen LogP contribution in [0.4, 0.5) is 0 Å². The molecule has 0 spiro atoms. The summed E-state index contributed by atoms with van der Waals surface area (Å²) in [6.07, 6.45) is 1.86. The Morgan fingerprint density at radius 3 is 2.43 bits per heavy atom. The minimum atomic E-state index is -0.121. The molecule has 0 saturated heterocycles. The lowest BCUT2D eigenvalue weighted by Crippen LogP contribution is -1.97. The summed E-state index contributed by atoms with van der Waals surface area (Å²) in [5.74, 6) is 1.71. The normalized spacial score (nSPS) is 11.5. The number of hydrogen-bond acceptors (Lipinski definition) is 6. The maximum Gasteiger partial charge on any atom is 0.182 e. The van der Waals surface area contributed by atoms with Crippen LogP contribution in [0.2, 0.25) is 0 Å². The smallest absolute Gasteiger partial charge is 0.182 e. The number of aryl methyl sites for hydroxylation is 1. The summed E-state index contributed by atoms with van der Waals surface area (Å²) in [5.41, 5.74) is 3.88. The van der Waals surface area contributed by atoms with Gasteiger partial charge in [-0.1, -0.05) is 0 Å². The first-order valence-electron chi connectivity index (χ1n) is 9.26. The van der Waals surface area contributed by atoms with Crippen LogP contribution in [0.25, 0.3) is 44.2 Å². The number of nitrogens with one attached hydrogen (secondary N) is 1. The van der Waals surface area contributed by atoms with Gasteiger partial charge in [-0.25, -0.2) is 4.98 Å². The van der Waals surface area contributed by atoms with Crippen LogP contribution in [0.5, 0.6) is 17.2 Å². The van der Waals surface area contributed by atoms with Gasteiger partial charge in [0.1, 0.15) is 16.8 Å². The highest BCUT2D eigenvalue weighted by Gasteiger charge is 2.23. The number of benzene rings is 2. The van der Waals surface area contributed by atoms with E-state index in [4.69, 9.17) is 23.6 Å². The lowest BCUT2D eigenvalue weighted by Gasteiger charge is -2.15. The van der Waals surface area contributed by atoms with Crippen molar-refractivity contribution in [3.63, 3.8) is 0 Å². The highest BCUT2D eigenvalue weighted by atomic mass is 16.5. The first-order valence-corrected chi connectivity index (χ1v) is 9.26. The molecule has 0 aliphatic heterocycles.